The highest BCUT2D eigenvalue weighted by atomic mass is 16.2. The number of benzene rings is 2. The van der Waals surface area contributed by atoms with Gasteiger partial charge < -0.3 is 9.80 Å². The fourth-order valence-electron chi connectivity index (χ4n) is 3.47. The van der Waals surface area contributed by atoms with E-state index in [0.29, 0.717) is 32.6 Å². The van der Waals surface area contributed by atoms with E-state index >= 15 is 0 Å². The van der Waals surface area contributed by atoms with E-state index in [1.807, 2.05) is 65.3 Å². The average molecular weight is 350 g/mol. The zero-order chi connectivity index (χ0) is 18.4. The molecule has 26 heavy (non-hydrogen) atoms. The molecule has 0 aliphatic carbocycles. The topological polar surface area (TPSA) is 40.6 Å². The van der Waals surface area contributed by atoms with Gasteiger partial charge in [0, 0.05) is 32.6 Å². The second kappa shape index (κ2) is 8.65. The highest BCUT2D eigenvalue weighted by Crippen LogP contribution is 2.21. The number of likely N-dealkylation sites (tertiary alicyclic amines) is 1. The number of hydrogen-bond donors (Lipinski definition) is 0. The lowest BCUT2D eigenvalue weighted by molar-refractivity contribution is -0.136. The third-order valence-electron chi connectivity index (χ3n) is 4.99. The maximum Gasteiger partial charge on any atom is 0.228 e. The van der Waals surface area contributed by atoms with Gasteiger partial charge in [-0.3, -0.25) is 9.59 Å². The van der Waals surface area contributed by atoms with Crippen LogP contribution in [0.3, 0.4) is 0 Å². The van der Waals surface area contributed by atoms with Gasteiger partial charge in [0.1, 0.15) is 0 Å². The lowest BCUT2D eigenvalue weighted by Crippen LogP contribution is -2.37. The van der Waals surface area contributed by atoms with Crippen LogP contribution in [0.2, 0.25) is 0 Å². The van der Waals surface area contributed by atoms with Gasteiger partial charge in [0.2, 0.25) is 11.8 Å². The van der Waals surface area contributed by atoms with Crippen LogP contribution < -0.4 is 0 Å². The minimum Gasteiger partial charge on any atom is -0.342 e. The molecule has 1 aliphatic rings. The van der Waals surface area contributed by atoms with Gasteiger partial charge in [-0.2, -0.15) is 0 Å². The van der Waals surface area contributed by atoms with Crippen LogP contribution in [0.1, 0.15) is 24.5 Å². The van der Waals surface area contributed by atoms with Crippen molar-refractivity contribution in [2.24, 2.45) is 5.92 Å². The van der Waals surface area contributed by atoms with Gasteiger partial charge in [-0.05, 0) is 24.5 Å². The lowest BCUT2D eigenvalue weighted by Gasteiger charge is -2.24. The third kappa shape index (κ3) is 4.51. The molecular formula is C22H26N2O2. The maximum atomic E-state index is 12.9. The summed E-state index contributed by atoms with van der Waals surface area (Å²) in [6.07, 6.45) is 1.16. The SMILES string of the molecule is CCN(Cc1ccccc1)C(=O)C1CC(=O)N(CCc2ccccc2)C1. The Morgan fingerprint density at radius 2 is 1.65 bits per heavy atom. The van der Waals surface area contributed by atoms with Crippen LogP contribution >= 0.6 is 0 Å². The Morgan fingerprint density at radius 1 is 1.04 bits per heavy atom. The first-order valence-corrected chi connectivity index (χ1v) is 9.31. The molecule has 2 aromatic rings. The monoisotopic (exact) mass is 350 g/mol. The molecule has 1 heterocycles. The summed E-state index contributed by atoms with van der Waals surface area (Å²) in [6.45, 7) is 4.46. The fourth-order valence-corrected chi connectivity index (χ4v) is 3.47. The van der Waals surface area contributed by atoms with Crippen LogP contribution in [0.15, 0.2) is 60.7 Å². The lowest BCUT2D eigenvalue weighted by atomic mass is 10.1. The predicted molar refractivity (Wildman–Crippen MR) is 102 cm³/mol. The molecule has 1 aliphatic heterocycles. The second-order valence-corrected chi connectivity index (χ2v) is 6.81. The van der Waals surface area contributed by atoms with Crippen molar-refractivity contribution in [1.29, 1.82) is 0 Å². The Hall–Kier alpha value is -2.62. The number of amides is 2. The number of hydrogen-bond acceptors (Lipinski definition) is 2. The zero-order valence-electron chi connectivity index (χ0n) is 15.3. The van der Waals surface area contributed by atoms with E-state index in [1.165, 1.54) is 5.56 Å². The first-order valence-electron chi connectivity index (χ1n) is 9.31. The molecule has 1 atom stereocenters. The molecule has 136 valence electrons. The van der Waals surface area contributed by atoms with Crippen LogP contribution in [0.4, 0.5) is 0 Å². The number of nitrogens with zero attached hydrogens (tertiary/aromatic N) is 2. The van der Waals surface area contributed by atoms with Crippen molar-refractivity contribution in [2.45, 2.75) is 26.3 Å². The van der Waals surface area contributed by atoms with Gasteiger partial charge >= 0.3 is 0 Å². The van der Waals surface area contributed by atoms with E-state index in [9.17, 15) is 9.59 Å². The van der Waals surface area contributed by atoms with Gasteiger partial charge in [0.05, 0.1) is 5.92 Å². The summed E-state index contributed by atoms with van der Waals surface area (Å²) in [5.74, 6) is -0.0381. The molecule has 1 saturated heterocycles. The van der Waals surface area contributed by atoms with Crippen molar-refractivity contribution in [3.8, 4) is 0 Å². The normalized spacial score (nSPS) is 16.7. The van der Waals surface area contributed by atoms with E-state index in [0.717, 1.165) is 12.0 Å². The van der Waals surface area contributed by atoms with Gasteiger partial charge in [0.25, 0.3) is 0 Å². The first kappa shape index (κ1) is 18.2. The van der Waals surface area contributed by atoms with Crippen LogP contribution in [0.5, 0.6) is 0 Å². The van der Waals surface area contributed by atoms with Gasteiger partial charge in [-0.15, -0.1) is 0 Å². The van der Waals surface area contributed by atoms with Crippen molar-refractivity contribution in [2.75, 3.05) is 19.6 Å². The summed E-state index contributed by atoms with van der Waals surface area (Å²) in [5.41, 5.74) is 2.34. The number of rotatable bonds is 7. The van der Waals surface area contributed by atoms with E-state index < -0.39 is 0 Å². The molecule has 0 N–H and O–H groups in total. The average Bonchev–Trinajstić information content (AvgIpc) is 3.06. The fraction of sp³-hybridized carbons (Fsp3) is 0.364. The van der Waals surface area contributed by atoms with E-state index in [2.05, 4.69) is 12.1 Å². The Kier molecular flexibility index (Phi) is 6.05. The molecule has 2 amide bonds. The molecule has 3 rings (SSSR count). The van der Waals surface area contributed by atoms with Crippen molar-refractivity contribution in [3.63, 3.8) is 0 Å². The van der Waals surface area contributed by atoms with Crippen molar-refractivity contribution >= 4 is 11.8 Å². The van der Waals surface area contributed by atoms with Gasteiger partial charge in [0.15, 0.2) is 0 Å². The Balaban J connectivity index is 1.57. The smallest absolute Gasteiger partial charge is 0.228 e. The van der Waals surface area contributed by atoms with Crippen molar-refractivity contribution in [3.05, 3.63) is 71.8 Å². The quantitative estimate of drug-likeness (QED) is 0.770. The molecule has 0 aromatic heterocycles. The minimum absolute atomic E-state index is 0.0897. The molecule has 2 aromatic carbocycles. The standard InChI is InChI=1S/C22H26N2O2/c1-2-23(16-19-11-7-4-8-12-19)22(26)20-15-21(25)24(17-20)14-13-18-9-5-3-6-10-18/h3-12,20H,2,13-17H2,1H3. The Morgan fingerprint density at radius 3 is 2.27 bits per heavy atom. The summed E-state index contributed by atoms with van der Waals surface area (Å²) >= 11 is 0. The maximum absolute atomic E-state index is 12.9. The molecule has 0 saturated carbocycles. The van der Waals surface area contributed by atoms with Crippen LogP contribution in [0, 0.1) is 5.92 Å². The zero-order valence-corrected chi connectivity index (χ0v) is 15.3. The highest BCUT2D eigenvalue weighted by Gasteiger charge is 2.35. The summed E-state index contributed by atoms with van der Waals surface area (Å²) in [5, 5.41) is 0. The minimum atomic E-state index is -0.220. The molecule has 0 bridgehead atoms. The van der Waals surface area contributed by atoms with Crippen LogP contribution in [0.25, 0.3) is 0 Å². The van der Waals surface area contributed by atoms with Crippen LogP contribution in [-0.2, 0) is 22.6 Å². The highest BCUT2D eigenvalue weighted by molar-refractivity contribution is 5.89. The second-order valence-electron chi connectivity index (χ2n) is 6.81. The first-order chi connectivity index (χ1) is 12.7. The number of carbonyl (C=O) groups is 2. The van der Waals surface area contributed by atoms with Crippen LogP contribution in [-0.4, -0.2) is 41.2 Å². The van der Waals surface area contributed by atoms with E-state index in [1.54, 1.807) is 0 Å². The molecule has 0 radical (unpaired) electrons. The van der Waals surface area contributed by atoms with Gasteiger partial charge in [-0.25, -0.2) is 0 Å². The molecule has 4 nitrogen and oxygen atoms in total. The van der Waals surface area contributed by atoms with Crippen molar-refractivity contribution < 1.29 is 9.59 Å². The summed E-state index contributed by atoms with van der Waals surface area (Å²) in [6, 6.07) is 20.2. The molecule has 1 fully saturated rings. The van der Waals surface area contributed by atoms with E-state index in [4.69, 9.17) is 0 Å². The Labute approximate surface area is 155 Å². The van der Waals surface area contributed by atoms with E-state index in [-0.39, 0.29) is 17.7 Å². The summed E-state index contributed by atoms with van der Waals surface area (Å²) in [7, 11) is 0. The summed E-state index contributed by atoms with van der Waals surface area (Å²) in [4.78, 5) is 28.9. The number of carbonyl (C=O) groups excluding carboxylic acids is 2. The summed E-state index contributed by atoms with van der Waals surface area (Å²) < 4.78 is 0. The Bertz CT molecular complexity index is 730. The largest absolute Gasteiger partial charge is 0.342 e. The van der Waals surface area contributed by atoms with Crippen molar-refractivity contribution in [1.82, 2.24) is 9.80 Å². The molecular weight excluding hydrogens is 324 g/mol. The molecule has 4 heteroatoms. The molecule has 0 spiro atoms. The predicted octanol–water partition coefficient (Wildman–Crippen LogP) is 3.13. The van der Waals surface area contributed by atoms with Gasteiger partial charge in [-0.1, -0.05) is 60.7 Å². The third-order valence-corrected chi connectivity index (χ3v) is 4.99. The molecule has 1 unspecified atom stereocenters.